The Hall–Kier alpha value is -8.65. The van der Waals surface area contributed by atoms with Crippen LogP contribution in [0.15, 0.2) is 186 Å². The fraction of sp³-hybridized carbons (Fsp3) is 0. The van der Waals surface area contributed by atoms with Crippen molar-refractivity contribution < 1.29 is 4.42 Å². The zero-order valence-electron chi connectivity index (χ0n) is 31.9. The van der Waals surface area contributed by atoms with Crippen LogP contribution in [0.4, 0.5) is 5.69 Å². The summed E-state index contributed by atoms with van der Waals surface area (Å²) in [6, 6.07) is 62.7. The molecule has 0 aliphatic carbocycles. The van der Waals surface area contributed by atoms with Gasteiger partial charge in [-0.3, -0.25) is 0 Å². The van der Waals surface area contributed by atoms with Crippen LogP contribution in [0.2, 0.25) is 0 Å². The minimum atomic E-state index is 0.487. The lowest BCUT2D eigenvalue weighted by Crippen LogP contribution is -2.04. The maximum absolute atomic E-state index is 10.2. The van der Waals surface area contributed by atoms with Gasteiger partial charge in [-0.15, -0.1) is 0 Å². The summed E-state index contributed by atoms with van der Waals surface area (Å²) in [4.78, 5) is 19.1. The van der Waals surface area contributed by atoms with Gasteiger partial charge >= 0.3 is 0 Å². The van der Waals surface area contributed by atoms with Crippen LogP contribution in [0.5, 0.6) is 0 Å². The van der Waals surface area contributed by atoms with Gasteiger partial charge in [0.05, 0.1) is 40.3 Å². The molecule has 8 aromatic carbocycles. The molecule has 0 saturated heterocycles. The van der Waals surface area contributed by atoms with E-state index in [1.54, 1.807) is 0 Å². The van der Waals surface area contributed by atoms with E-state index in [0.717, 1.165) is 88.4 Å². The van der Waals surface area contributed by atoms with Crippen molar-refractivity contribution in [3.63, 3.8) is 0 Å². The molecule has 7 nitrogen and oxygen atoms in total. The minimum Gasteiger partial charge on any atom is -0.455 e. The second kappa shape index (κ2) is 14.1. The maximum Gasteiger partial charge on any atom is 0.187 e. The Morgan fingerprint density at radius 2 is 1.08 bits per heavy atom. The smallest absolute Gasteiger partial charge is 0.187 e. The second-order valence-electron chi connectivity index (χ2n) is 14.6. The van der Waals surface area contributed by atoms with Crippen molar-refractivity contribution in [1.29, 1.82) is 5.26 Å². The Balaban J connectivity index is 1.29. The van der Waals surface area contributed by atoms with Gasteiger partial charge < -0.3 is 8.98 Å². The number of benzene rings is 8. The predicted octanol–water partition coefficient (Wildman–Crippen LogP) is 13.6. The van der Waals surface area contributed by atoms with Crippen molar-refractivity contribution in [2.24, 2.45) is 0 Å². The highest BCUT2D eigenvalue weighted by Crippen LogP contribution is 2.46. The van der Waals surface area contributed by atoms with Gasteiger partial charge in [0.15, 0.2) is 23.2 Å². The Morgan fingerprint density at radius 3 is 1.77 bits per heavy atom. The summed E-state index contributed by atoms with van der Waals surface area (Å²) in [6.45, 7) is 8.00. The zero-order chi connectivity index (χ0) is 40.2. The van der Waals surface area contributed by atoms with Gasteiger partial charge in [0.1, 0.15) is 11.2 Å². The molecule has 0 amide bonds. The number of nitrogens with zero attached hydrogens (tertiary/aromatic N) is 6. The summed E-state index contributed by atoms with van der Waals surface area (Å²) in [7, 11) is 0. The van der Waals surface area contributed by atoms with Crippen LogP contribution in [0.3, 0.4) is 0 Å². The van der Waals surface area contributed by atoms with E-state index in [0.29, 0.717) is 28.7 Å². The van der Waals surface area contributed by atoms with E-state index in [1.165, 1.54) is 0 Å². The van der Waals surface area contributed by atoms with Crippen molar-refractivity contribution in [2.75, 3.05) is 0 Å². The number of hydrogen-bond donors (Lipinski definition) is 0. The van der Waals surface area contributed by atoms with Gasteiger partial charge in [-0.25, -0.2) is 19.8 Å². The lowest BCUT2D eigenvalue weighted by Gasteiger charge is -2.21. The third-order valence-electron chi connectivity index (χ3n) is 11.1. The van der Waals surface area contributed by atoms with Crippen molar-refractivity contribution in [1.82, 2.24) is 19.5 Å². The monoisotopic (exact) mass is 766 g/mol. The van der Waals surface area contributed by atoms with Gasteiger partial charge in [0, 0.05) is 44.0 Å². The number of para-hydroxylation sites is 2. The molecule has 278 valence electrons. The fourth-order valence-electron chi connectivity index (χ4n) is 8.36. The van der Waals surface area contributed by atoms with Gasteiger partial charge in [0.2, 0.25) is 0 Å². The molecule has 0 radical (unpaired) electrons. The number of fused-ring (bicyclic) bond motifs is 7. The lowest BCUT2D eigenvalue weighted by molar-refractivity contribution is 0.673. The first-order chi connectivity index (χ1) is 29.6. The van der Waals surface area contributed by atoms with E-state index in [9.17, 15) is 5.26 Å². The van der Waals surface area contributed by atoms with Crippen molar-refractivity contribution in [2.45, 2.75) is 0 Å². The molecule has 7 heteroatoms. The van der Waals surface area contributed by atoms with Gasteiger partial charge in [0.25, 0.3) is 0 Å². The second-order valence-corrected chi connectivity index (χ2v) is 14.6. The van der Waals surface area contributed by atoms with Crippen LogP contribution < -0.4 is 0 Å². The Morgan fingerprint density at radius 1 is 0.500 bits per heavy atom. The maximum atomic E-state index is 10.2. The molecule has 0 N–H and O–H groups in total. The first kappa shape index (κ1) is 34.6. The molecule has 0 aliphatic heterocycles. The fourth-order valence-corrected chi connectivity index (χ4v) is 8.36. The summed E-state index contributed by atoms with van der Waals surface area (Å²) in [5.74, 6) is 1.58. The van der Waals surface area contributed by atoms with Crippen LogP contribution in [0, 0.1) is 17.9 Å². The molecule has 60 heavy (non-hydrogen) atoms. The number of aromatic nitrogens is 4. The van der Waals surface area contributed by atoms with Crippen molar-refractivity contribution in [3.05, 3.63) is 199 Å². The summed E-state index contributed by atoms with van der Waals surface area (Å²) in [5.41, 5.74) is 11.4. The molecular weight excluding hydrogens is 737 g/mol. The van der Waals surface area contributed by atoms with Gasteiger partial charge in [-0.1, -0.05) is 127 Å². The van der Waals surface area contributed by atoms with Gasteiger partial charge in [-0.2, -0.15) is 5.26 Å². The zero-order valence-corrected chi connectivity index (χ0v) is 31.9. The average Bonchev–Trinajstić information content (AvgIpc) is 3.87. The number of rotatable bonds is 6. The first-order valence-corrected chi connectivity index (χ1v) is 19.5. The molecule has 0 bridgehead atoms. The molecule has 0 fully saturated rings. The number of furan rings is 1. The Kier molecular flexibility index (Phi) is 8.11. The molecule has 0 spiro atoms. The highest BCUT2D eigenvalue weighted by molar-refractivity contribution is 6.24. The van der Waals surface area contributed by atoms with E-state index in [4.69, 9.17) is 25.9 Å². The highest BCUT2D eigenvalue weighted by Gasteiger charge is 2.25. The summed E-state index contributed by atoms with van der Waals surface area (Å²) < 4.78 is 8.98. The molecule has 0 aliphatic rings. The predicted molar refractivity (Wildman–Crippen MR) is 240 cm³/mol. The Labute approximate surface area is 344 Å². The summed E-state index contributed by atoms with van der Waals surface area (Å²) in [6.07, 6.45) is 0. The van der Waals surface area contributed by atoms with E-state index in [-0.39, 0.29) is 0 Å². The van der Waals surface area contributed by atoms with Crippen LogP contribution in [0.25, 0.3) is 111 Å². The molecule has 0 atom stereocenters. The third-order valence-corrected chi connectivity index (χ3v) is 11.1. The van der Waals surface area contributed by atoms with Crippen molar-refractivity contribution >= 4 is 49.4 Å². The van der Waals surface area contributed by atoms with E-state index >= 15 is 0 Å². The van der Waals surface area contributed by atoms with Crippen molar-refractivity contribution in [3.8, 4) is 68.2 Å². The topological polar surface area (TPSA) is 84.9 Å². The molecule has 11 rings (SSSR count). The van der Waals surface area contributed by atoms with E-state index in [1.807, 2.05) is 127 Å². The number of hydrogen-bond acceptors (Lipinski definition) is 5. The molecule has 0 saturated carbocycles. The average molecular weight is 767 g/mol. The highest BCUT2D eigenvalue weighted by atomic mass is 16.3. The SMILES string of the molecule is [C-]#[N+]c1cccc(-c2cc(-c3nc(-c4ccccc4)nc(-c4ccccc4)n3)cc(-c3cccc(C#N)c3)c2-n2c3ccccc3c3c4oc5ccccc5c4ccc32)c1. The summed E-state index contributed by atoms with van der Waals surface area (Å²) in [5, 5.41) is 14.3. The largest absolute Gasteiger partial charge is 0.455 e. The quantitative estimate of drug-likeness (QED) is 0.157. The van der Waals surface area contributed by atoms with E-state index < -0.39 is 0 Å². The lowest BCUT2D eigenvalue weighted by atomic mass is 9.91. The third kappa shape index (κ3) is 5.69. The molecule has 11 aromatic rings. The first-order valence-electron chi connectivity index (χ1n) is 19.5. The minimum absolute atomic E-state index is 0.487. The Bertz CT molecular complexity index is 3440. The van der Waals surface area contributed by atoms with Crippen LogP contribution in [-0.4, -0.2) is 19.5 Å². The normalized spacial score (nSPS) is 11.3. The number of nitriles is 1. The molecule has 3 aromatic heterocycles. The van der Waals surface area contributed by atoms with Gasteiger partial charge in [-0.05, 0) is 65.7 Å². The van der Waals surface area contributed by atoms with Crippen LogP contribution in [-0.2, 0) is 0 Å². The standard InChI is InChI=1S/C53H30N6O/c1-55-39-21-13-20-37(29-39)44-31-38(53-57-51(34-15-4-2-5-16-34)56-52(58-53)35-17-6-3-7-18-35)30-43(36-19-12-14-33(28-36)32-54)49(44)59-45-24-10-8-23-42(45)48-46(59)27-26-41-40-22-9-11-25-47(40)60-50(41)48/h2-31H. The molecule has 0 unspecified atom stereocenters. The van der Waals surface area contributed by atoms with Crippen LogP contribution in [0.1, 0.15) is 5.56 Å². The summed E-state index contributed by atoms with van der Waals surface area (Å²) >= 11 is 0. The van der Waals surface area contributed by atoms with E-state index in [2.05, 4.69) is 70.1 Å². The molecular formula is C53H30N6O. The molecule has 3 heterocycles. The van der Waals surface area contributed by atoms with Crippen LogP contribution >= 0.6 is 0 Å².